The van der Waals surface area contributed by atoms with Crippen molar-refractivity contribution in [3.63, 3.8) is 0 Å². The number of nitrogens with zero attached hydrogens (tertiary/aromatic N) is 3. The zero-order valence-corrected chi connectivity index (χ0v) is 19.0. The molecule has 182 valence electrons. The Hall–Kier alpha value is -3.77. The van der Waals surface area contributed by atoms with Crippen LogP contribution in [0.2, 0.25) is 0 Å². The maximum Gasteiger partial charge on any atom is 0.405 e. The number of hydrogen-bond acceptors (Lipinski definition) is 6. The third-order valence-electron chi connectivity index (χ3n) is 5.17. The van der Waals surface area contributed by atoms with Crippen LogP contribution in [0.4, 0.5) is 19.0 Å². The fourth-order valence-electron chi connectivity index (χ4n) is 2.92. The van der Waals surface area contributed by atoms with Gasteiger partial charge >= 0.3 is 6.18 Å². The molecule has 13 heteroatoms. The summed E-state index contributed by atoms with van der Waals surface area (Å²) >= 11 is 0. The fraction of sp³-hybridized carbons (Fsp3) is 0.429. The van der Waals surface area contributed by atoms with Gasteiger partial charge in [-0.2, -0.15) is 13.2 Å². The van der Waals surface area contributed by atoms with E-state index in [1.54, 1.807) is 12.4 Å². The van der Waals surface area contributed by atoms with E-state index < -0.39 is 30.6 Å². The first kappa shape index (κ1) is 24.9. The van der Waals surface area contributed by atoms with Crippen molar-refractivity contribution in [1.82, 2.24) is 30.6 Å². The Bertz CT molecular complexity index is 1180. The van der Waals surface area contributed by atoms with Crippen LogP contribution in [0, 0.1) is 5.92 Å². The van der Waals surface area contributed by atoms with Crippen LogP contribution in [0.1, 0.15) is 38.2 Å². The zero-order valence-electron chi connectivity index (χ0n) is 19.0. The first-order valence-corrected chi connectivity index (χ1v) is 10.6. The zero-order chi connectivity index (χ0) is 25.0. The number of carbonyl (C=O) groups excluding carboxylic acids is 2. The first-order chi connectivity index (χ1) is 15.9. The van der Waals surface area contributed by atoms with E-state index in [2.05, 4.69) is 35.6 Å². The van der Waals surface area contributed by atoms with Crippen LogP contribution < -0.4 is 20.9 Å². The van der Waals surface area contributed by atoms with Crippen LogP contribution in [0.5, 0.6) is 0 Å². The number of alkyl halides is 3. The van der Waals surface area contributed by atoms with Crippen molar-refractivity contribution >= 4 is 28.7 Å². The highest BCUT2D eigenvalue weighted by molar-refractivity contribution is 5.95. The summed E-state index contributed by atoms with van der Waals surface area (Å²) < 4.78 is 37.3. The second kappa shape index (κ2) is 10.0. The van der Waals surface area contributed by atoms with E-state index in [-0.39, 0.29) is 29.3 Å². The van der Waals surface area contributed by atoms with Gasteiger partial charge < -0.3 is 20.9 Å². The maximum atomic E-state index is 12.9. The SMILES string of the molecule is CC(C)[C@H](C)NC(=O)c1cc(N[C@@H](C)C(=O)NCC(F)(F)F)nc(-c2c[nH]c3nc[nH+]cc23)n1. The number of aromatic amines is 2. The van der Waals surface area contributed by atoms with Crippen LogP contribution >= 0.6 is 0 Å². The number of halogens is 3. The van der Waals surface area contributed by atoms with E-state index in [4.69, 9.17) is 0 Å². The molecular formula is C21H26F3N8O2+. The minimum atomic E-state index is -4.53. The normalized spacial score (nSPS) is 13.5. The predicted octanol–water partition coefficient (Wildman–Crippen LogP) is 2.09. The molecule has 0 aromatic carbocycles. The number of nitrogens with one attached hydrogen (secondary N) is 5. The quantitative estimate of drug-likeness (QED) is 0.390. The van der Waals surface area contributed by atoms with Crippen LogP contribution in [0.25, 0.3) is 22.4 Å². The molecule has 0 unspecified atom stereocenters. The van der Waals surface area contributed by atoms with E-state index in [0.717, 1.165) is 0 Å². The molecule has 0 aliphatic rings. The average Bonchev–Trinajstić information content (AvgIpc) is 3.20. The summed E-state index contributed by atoms with van der Waals surface area (Å²) in [6.07, 6.45) is 0.277. The molecule has 0 aliphatic heterocycles. The lowest BCUT2D eigenvalue weighted by Gasteiger charge is -2.18. The fourth-order valence-corrected chi connectivity index (χ4v) is 2.92. The van der Waals surface area contributed by atoms with Crippen molar-refractivity contribution in [3.05, 3.63) is 30.5 Å². The Balaban J connectivity index is 1.94. The number of aromatic nitrogens is 5. The Morgan fingerprint density at radius 3 is 2.59 bits per heavy atom. The number of amides is 2. The highest BCUT2D eigenvalue weighted by Crippen LogP contribution is 2.25. The predicted molar refractivity (Wildman–Crippen MR) is 118 cm³/mol. The summed E-state index contributed by atoms with van der Waals surface area (Å²) in [6, 6.07) is 0.147. The van der Waals surface area contributed by atoms with Gasteiger partial charge in [-0.15, -0.1) is 0 Å². The van der Waals surface area contributed by atoms with Gasteiger partial charge in [0.25, 0.3) is 17.9 Å². The van der Waals surface area contributed by atoms with E-state index >= 15 is 0 Å². The van der Waals surface area contributed by atoms with E-state index in [1.165, 1.54) is 19.3 Å². The van der Waals surface area contributed by atoms with Gasteiger partial charge in [0, 0.05) is 18.3 Å². The molecule has 34 heavy (non-hydrogen) atoms. The molecule has 3 aromatic rings. The van der Waals surface area contributed by atoms with Crippen molar-refractivity contribution in [3.8, 4) is 11.4 Å². The molecule has 2 atom stereocenters. The maximum absolute atomic E-state index is 12.9. The lowest BCUT2D eigenvalue weighted by Crippen LogP contribution is -2.42. The van der Waals surface area contributed by atoms with Gasteiger partial charge in [-0.1, -0.05) is 13.8 Å². The first-order valence-electron chi connectivity index (χ1n) is 10.6. The lowest BCUT2D eigenvalue weighted by atomic mass is 10.1. The molecule has 3 rings (SSSR count). The molecule has 0 bridgehead atoms. The smallest absolute Gasteiger partial charge is 0.358 e. The Kier molecular flexibility index (Phi) is 7.32. The third kappa shape index (κ3) is 6.17. The second-order valence-electron chi connectivity index (χ2n) is 8.20. The van der Waals surface area contributed by atoms with Crippen LogP contribution in [0.3, 0.4) is 0 Å². The molecule has 0 aliphatic carbocycles. The van der Waals surface area contributed by atoms with Crippen molar-refractivity contribution in [2.45, 2.75) is 46.0 Å². The van der Waals surface area contributed by atoms with E-state index in [9.17, 15) is 22.8 Å². The lowest BCUT2D eigenvalue weighted by molar-refractivity contribution is -0.380. The van der Waals surface area contributed by atoms with Gasteiger partial charge in [0.2, 0.25) is 5.91 Å². The summed E-state index contributed by atoms with van der Waals surface area (Å²) in [4.78, 5) is 43.8. The van der Waals surface area contributed by atoms with E-state index in [0.29, 0.717) is 16.6 Å². The summed E-state index contributed by atoms with van der Waals surface area (Å²) in [6.45, 7) is 5.71. The van der Waals surface area contributed by atoms with Crippen LogP contribution in [-0.2, 0) is 4.79 Å². The minimum absolute atomic E-state index is 0.0325. The monoisotopic (exact) mass is 479 g/mol. The van der Waals surface area contributed by atoms with Gasteiger partial charge in [0.1, 0.15) is 30.3 Å². The molecule has 10 nitrogen and oxygen atoms in total. The molecule has 0 saturated carbocycles. The molecule has 2 amide bonds. The van der Waals surface area contributed by atoms with Crippen LogP contribution in [0.15, 0.2) is 24.8 Å². The topological polar surface area (TPSA) is 139 Å². The summed E-state index contributed by atoms with van der Waals surface area (Å²) in [5, 5.41) is 8.10. The summed E-state index contributed by atoms with van der Waals surface area (Å²) in [5.41, 5.74) is 1.14. The summed E-state index contributed by atoms with van der Waals surface area (Å²) in [5.74, 6) is -0.878. The van der Waals surface area contributed by atoms with Gasteiger partial charge in [-0.25, -0.2) is 15.0 Å². The average molecular weight is 479 g/mol. The van der Waals surface area contributed by atoms with Crippen molar-refractivity contribution in [1.29, 1.82) is 0 Å². The molecule has 5 N–H and O–H groups in total. The number of hydrogen-bond donors (Lipinski definition) is 4. The molecule has 3 heterocycles. The molecular weight excluding hydrogens is 453 g/mol. The molecule has 0 spiro atoms. The number of rotatable bonds is 8. The van der Waals surface area contributed by atoms with Crippen LogP contribution in [-0.4, -0.2) is 56.6 Å². The highest BCUT2D eigenvalue weighted by Gasteiger charge is 2.29. The molecule has 0 saturated heterocycles. The van der Waals surface area contributed by atoms with Gasteiger partial charge in [0.05, 0.1) is 10.9 Å². The Morgan fingerprint density at radius 2 is 1.91 bits per heavy atom. The Morgan fingerprint density at radius 1 is 1.18 bits per heavy atom. The van der Waals surface area contributed by atoms with Crippen molar-refractivity contribution < 1.29 is 27.7 Å². The van der Waals surface area contributed by atoms with Crippen molar-refractivity contribution in [2.75, 3.05) is 11.9 Å². The largest absolute Gasteiger partial charge is 0.405 e. The summed E-state index contributed by atoms with van der Waals surface area (Å²) in [7, 11) is 0. The number of carbonyl (C=O) groups is 2. The molecule has 3 aromatic heterocycles. The van der Waals surface area contributed by atoms with Gasteiger partial charge in [0.15, 0.2) is 5.82 Å². The third-order valence-corrected chi connectivity index (χ3v) is 5.17. The molecule has 0 radical (unpaired) electrons. The van der Waals surface area contributed by atoms with E-state index in [1.807, 2.05) is 26.1 Å². The molecule has 0 fully saturated rings. The highest BCUT2D eigenvalue weighted by atomic mass is 19.4. The van der Waals surface area contributed by atoms with Gasteiger partial charge in [-0.05, 0) is 24.7 Å². The van der Waals surface area contributed by atoms with Gasteiger partial charge in [-0.3, -0.25) is 9.59 Å². The minimum Gasteiger partial charge on any atom is -0.358 e. The standard InChI is InChI=1S/C21H25F3N8O2/c1-10(2)11(3)30-20(34)15-5-16(29-12(4)19(33)27-8-21(22,23)24)32-18(31-15)14-7-26-17-13(14)6-25-9-28-17/h5-7,9-12H,8H2,1-4H3,(H,27,33)(H,30,34)(H,25,26,28)(H,29,31,32)/p+1/t11-,12-/m0/s1. The number of fused-ring (bicyclic) bond motifs is 1. The number of anilines is 1. The van der Waals surface area contributed by atoms with Crippen molar-refractivity contribution in [2.24, 2.45) is 5.92 Å². The second-order valence-corrected chi connectivity index (χ2v) is 8.20. The number of H-pyrrole nitrogens is 2. The Labute approximate surface area is 193 Å².